The van der Waals surface area contributed by atoms with Crippen LogP contribution in [0.25, 0.3) is 10.9 Å². The zero-order valence-electron chi connectivity index (χ0n) is 31.4. The van der Waals surface area contributed by atoms with Gasteiger partial charge in [-0.2, -0.15) is 0 Å². The van der Waals surface area contributed by atoms with E-state index in [1.165, 1.54) is 37.4 Å². The number of aromatic amines is 1. The number of amides is 7. The van der Waals surface area contributed by atoms with Gasteiger partial charge in [-0.1, -0.05) is 18.2 Å². The monoisotopic (exact) mass is 770 g/mol. The van der Waals surface area contributed by atoms with Crippen LogP contribution in [0.3, 0.4) is 0 Å². The van der Waals surface area contributed by atoms with Crippen LogP contribution in [0, 0.1) is 0 Å². The van der Waals surface area contributed by atoms with Gasteiger partial charge in [0.25, 0.3) is 0 Å². The Kier molecular flexibility index (Phi) is 12.3. The summed E-state index contributed by atoms with van der Waals surface area (Å²) < 4.78 is 6.08. The predicted molar refractivity (Wildman–Crippen MR) is 198 cm³/mol. The van der Waals surface area contributed by atoms with E-state index in [-0.39, 0.29) is 25.1 Å². The standard InChI is InChI=1S/C36H50N8O9S/c1-16-28(46)37-18(3)30(48)43-27(19(4)53-36(5,6)7)33(51)41-25-15-54-34-22(21-10-8-9-11-23(21)42-34)13-24(31(49)38-16)40-29(47)17(2)39-32(50)26-12-20(45)14-44(26)35(25)52/h8-11,16-20,24-27,42,45H,12-15H2,1-7H3,(H,37,46)(H,38,49)(H,39,50)(H,40,47)(H,41,51)(H,43,48)/t16-,17-,18-,19-,20-,24-,25-,26-,27+/m0/s1. The van der Waals surface area contributed by atoms with Gasteiger partial charge in [-0.25, -0.2) is 0 Å². The van der Waals surface area contributed by atoms with Gasteiger partial charge in [0.1, 0.15) is 42.3 Å². The first kappa shape index (κ1) is 40.5. The highest BCUT2D eigenvalue weighted by Gasteiger charge is 2.44. The van der Waals surface area contributed by atoms with Crippen LogP contribution in [-0.2, 0) is 44.7 Å². The van der Waals surface area contributed by atoms with Crippen LogP contribution in [0.2, 0.25) is 0 Å². The van der Waals surface area contributed by atoms with Crippen molar-refractivity contribution in [2.45, 2.75) is 126 Å². The summed E-state index contributed by atoms with van der Waals surface area (Å²) in [4.78, 5) is 101. The normalized spacial score (nSPS) is 30.2. The number of carbonyl (C=O) groups excluding carboxylic acids is 7. The summed E-state index contributed by atoms with van der Waals surface area (Å²) in [5.74, 6) is -5.09. The Balaban J connectivity index is 1.67. The molecule has 4 heterocycles. The Morgan fingerprint density at radius 1 is 0.778 bits per heavy atom. The number of carbonyl (C=O) groups is 7. The zero-order valence-corrected chi connectivity index (χ0v) is 32.2. The third kappa shape index (κ3) is 9.33. The van der Waals surface area contributed by atoms with E-state index < -0.39 is 101 Å². The average Bonchev–Trinajstić information content (AvgIpc) is 3.66. The quantitative estimate of drug-likeness (QED) is 0.185. The number of rotatable bonds is 2. The molecule has 1 aromatic heterocycles. The van der Waals surface area contributed by atoms with Crippen LogP contribution < -0.4 is 31.9 Å². The smallest absolute Gasteiger partial charge is 0.246 e. The Labute approximate surface area is 317 Å². The van der Waals surface area contributed by atoms with Crippen molar-refractivity contribution in [2.24, 2.45) is 0 Å². The lowest BCUT2D eigenvalue weighted by Crippen LogP contribution is -2.62. The van der Waals surface area contributed by atoms with Crippen molar-refractivity contribution in [3.05, 3.63) is 29.8 Å². The van der Waals surface area contributed by atoms with E-state index in [2.05, 4.69) is 36.9 Å². The maximum atomic E-state index is 14.5. The Morgan fingerprint density at radius 2 is 1.35 bits per heavy atom. The fourth-order valence-electron chi connectivity index (χ4n) is 6.78. The first-order valence-corrected chi connectivity index (χ1v) is 19.0. The number of nitrogens with one attached hydrogen (secondary N) is 7. The molecular formula is C36H50N8O9S. The minimum atomic E-state index is -1.35. The molecule has 5 rings (SSSR count). The van der Waals surface area contributed by atoms with Gasteiger partial charge >= 0.3 is 0 Å². The van der Waals surface area contributed by atoms with Crippen LogP contribution in [0.1, 0.15) is 60.5 Å². The number of fused-ring (bicyclic) bond motifs is 5. The average molecular weight is 771 g/mol. The van der Waals surface area contributed by atoms with Crippen LogP contribution in [0.15, 0.2) is 29.3 Å². The summed E-state index contributed by atoms with van der Waals surface area (Å²) in [6.07, 6.45) is -2.18. The molecule has 3 aliphatic rings. The minimum absolute atomic E-state index is 0.0621. The molecule has 9 atom stereocenters. The van der Waals surface area contributed by atoms with Crippen LogP contribution >= 0.6 is 11.8 Å². The molecule has 3 aliphatic heterocycles. The number of thioether (sulfide) groups is 1. The molecule has 2 bridgehead atoms. The summed E-state index contributed by atoms with van der Waals surface area (Å²) in [5.41, 5.74) is 0.585. The molecule has 7 amide bonds. The highest BCUT2D eigenvalue weighted by molar-refractivity contribution is 7.99. The summed E-state index contributed by atoms with van der Waals surface area (Å²) in [6, 6.07) is -1.31. The largest absolute Gasteiger partial charge is 0.391 e. The van der Waals surface area contributed by atoms with Gasteiger partial charge < -0.3 is 51.6 Å². The second-order valence-corrected chi connectivity index (χ2v) is 16.2. The number of aromatic nitrogens is 1. The van der Waals surface area contributed by atoms with Crippen molar-refractivity contribution in [2.75, 3.05) is 12.3 Å². The lowest BCUT2D eigenvalue weighted by Gasteiger charge is -2.33. The van der Waals surface area contributed by atoms with Gasteiger partial charge in [0, 0.05) is 36.0 Å². The topological polar surface area (TPSA) is 240 Å². The fraction of sp³-hybridized carbons (Fsp3) is 0.583. The van der Waals surface area contributed by atoms with Gasteiger partial charge in [-0.3, -0.25) is 33.6 Å². The fourth-order valence-corrected chi connectivity index (χ4v) is 7.89. The zero-order chi connectivity index (χ0) is 39.6. The van der Waals surface area contributed by atoms with Gasteiger partial charge in [0.05, 0.1) is 22.8 Å². The lowest BCUT2D eigenvalue weighted by atomic mass is 10.0. The van der Waals surface area contributed by atoms with Gasteiger partial charge in [0.15, 0.2) is 0 Å². The minimum Gasteiger partial charge on any atom is -0.391 e. The second kappa shape index (κ2) is 16.4. The molecule has 1 aromatic carbocycles. The predicted octanol–water partition coefficient (Wildman–Crippen LogP) is -1.04. The molecule has 0 radical (unpaired) electrons. The van der Waals surface area contributed by atoms with E-state index in [1.807, 2.05) is 24.3 Å². The van der Waals surface area contributed by atoms with E-state index in [4.69, 9.17) is 4.74 Å². The number of aliphatic hydroxyl groups excluding tert-OH is 1. The van der Waals surface area contributed by atoms with E-state index in [0.29, 0.717) is 16.1 Å². The van der Waals surface area contributed by atoms with E-state index in [1.54, 1.807) is 27.7 Å². The number of H-pyrrole nitrogens is 1. The summed E-state index contributed by atoms with van der Waals surface area (Å²) in [7, 11) is 0. The van der Waals surface area contributed by atoms with Gasteiger partial charge in [-0.05, 0) is 60.1 Å². The molecule has 2 aromatic rings. The van der Waals surface area contributed by atoms with Crippen molar-refractivity contribution < 1.29 is 43.4 Å². The summed E-state index contributed by atoms with van der Waals surface area (Å²) in [5, 5.41) is 27.9. The third-order valence-electron chi connectivity index (χ3n) is 9.53. The first-order valence-electron chi connectivity index (χ1n) is 18.0. The van der Waals surface area contributed by atoms with E-state index >= 15 is 0 Å². The molecule has 1 fully saturated rings. The van der Waals surface area contributed by atoms with Crippen LogP contribution in [0.4, 0.5) is 0 Å². The number of para-hydroxylation sites is 1. The van der Waals surface area contributed by atoms with Crippen molar-refractivity contribution in [3.63, 3.8) is 0 Å². The second-order valence-electron chi connectivity index (χ2n) is 15.1. The van der Waals surface area contributed by atoms with Gasteiger partial charge in [-0.15, -0.1) is 11.8 Å². The number of benzene rings is 1. The van der Waals surface area contributed by atoms with Crippen molar-refractivity contribution >= 4 is 64.0 Å². The molecule has 294 valence electrons. The summed E-state index contributed by atoms with van der Waals surface area (Å²) in [6.45, 7) is 11.0. The Bertz CT molecular complexity index is 1810. The number of ether oxygens (including phenoxy) is 1. The molecule has 0 aliphatic carbocycles. The first-order chi connectivity index (χ1) is 25.3. The SMILES string of the molecule is C[C@@H]1NC(=O)[C@H](C)NC(=O)[C@@H]2Cc3c([nH]c4ccccc34)SC[C@H](NC(=O)[C@@H]([C@H](C)OC(C)(C)C)NC1=O)C(=O)N1C[C@@H](O)C[C@H]1C(=O)N[C@@H](C)C(=O)N2. The lowest BCUT2D eigenvalue weighted by molar-refractivity contribution is -0.144. The van der Waals surface area contributed by atoms with Crippen LogP contribution in [0.5, 0.6) is 0 Å². The van der Waals surface area contributed by atoms with Crippen molar-refractivity contribution in [1.29, 1.82) is 0 Å². The van der Waals surface area contributed by atoms with E-state index in [0.717, 1.165) is 5.39 Å². The summed E-state index contributed by atoms with van der Waals surface area (Å²) >= 11 is 1.18. The molecular weight excluding hydrogens is 721 g/mol. The van der Waals surface area contributed by atoms with Gasteiger partial charge in [0.2, 0.25) is 41.4 Å². The molecule has 0 saturated carbocycles. The molecule has 54 heavy (non-hydrogen) atoms. The maximum absolute atomic E-state index is 14.5. The molecule has 17 nitrogen and oxygen atoms in total. The third-order valence-corrected chi connectivity index (χ3v) is 10.7. The Hall–Kier alpha value is -4.68. The van der Waals surface area contributed by atoms with Crippen molar-refractivity contribution in [3.8, 4) is 0 Å². The van der Waals surface area contributed by atoms with Crippen molar-refractivity contribution in [1.82, 2.24) is 41.8 Å². The molecule has 8 N–H and O–H groups in total. The van der Waals surface area contributed by atoms with Crippen LogP contribution in [-0.4, -0.2) is 129 Å². The molecule has 18 heteroatoms. The number of aliphatic hydroxyl groups is 1. The molecule has 1 saturated heterocycles. The van der Waals surface area contributed by atoms with E-state index in [9.17, 15) is 38.7 Å². The number of hydrogen-bond donors (Lipinski definition) is 8. The highest BCUT2D eigenvalue weighted by Crippen LogP contribution is 2.32. The Morgan fingerprint density at radius 3 is 2.02 bits per heavy atom. The number of hydrogen-bond acceptors (Lipinski definition) is 10. The maximum Gasteiger partial charge on any atom is 0.246 e. The highest BCUT2D eigenvalue weighted by atomic mass is 32.2. The molecule has 0 spiro atoms. The molecule has 0 unspecified atom stereocenters. The number of nitrogens with zero attached hydrogens (tertiary/aromatic N) is 1.